The maximum atomic E-state index is 10.8. The van der Waals surface area contributed by atoms with E-state index in [4.69, 9.17) is 11.6 Å². The predicted octanol–water partition coefficient (Wildman–Crippen LogP) is 0.225. The molecule has 0 rings (SSSR count). The van der Waals surface area contributed by atoms with Gasteiger partial charge in [0.2, 0.25) is 5.91 Å². The van der Waals surface area contributed by atoms with Gasteiger partial charge in [0, 0.05) is 23.5 Å². The fourth-order valence-electron chi connectivity index (χ4n) is 0.806. The Kier molecular flexibility index (Phi) is 7.03. The van der Waals surface area contributed by atoms with Gasteiger partial charge in [0.1, 0.15) is 0 Å². The molecule has 0 aromatic heterocycles. The second-order valence-electron chi connectivity index (χ2n) is 3.23. The fourth-order valence-corrected chi connectivity index (χ4v) is 1.72. The molecule has 5 heteroatoms. The number of hydrogen-bond acceptors (Lipinski definition) is 4. The maximum Gasteiger partial charge on any atom is 0.233 e. The SMILES string of the molecule is CC(N)CSC(C)CCC(=O)NN. The van der Waals surface area contributed by atoms with E-state index in [1.807, 2.05) is 6.92 Å². The van der Waals surface area contributed by atoms with Crippen LogP contribution in [0.5, 0.6) is 0 Å². The second-order valence-corrected chi connectivity index (χ2v) is 4.70. The third kappa shape index (κ3) is 8.08. The highest BCUT2D eigenvalue weighted by Gasteiger charge is 2.06. The predicted molar refractivity (Wildman–Crippen MR) is 57.1 cm³/mol. The van der Waals surface area contributed by atoms with E-state index in [0.717, 1.165) is 12.2 Å². The summed E-state index contributed by atoms with van der Waals surface area (Å²) in [6.45, 7) is 4.07. The number of hydrogen-bond donors (Lipinski definition) is 3. The molecule has 0 spiro atoms. The summed E-state index contributed by atoms with van der Waals surface area (Å²) in [6, 6.07) is 0.218. The quantitative estimate of drug-likeness (QED) is 0.329. The van der Waals surface area contributed by atoms with Crippen LogP contribution in [0, 0.1) is 0 Å². The first-order valence-corrected chi connectivity index (χ1v) is 5.47. The Morgan fingerprint density at radius 2 is 2.15 bits per heavy atom. The molecule has 0 heterocycles. The minimum atomic E-state index is -0.103. The molecule has 5 N–H and O–H groups in total. The number of carbonyl (C=O) groups is 1. The Hall–Kier alpha value is -0.260. The molecule has 0 bridgehead atoms. The summed E-state index contributed by atoms with van der Waals surface area (Å²) in [4.78, 5) is 10.8. The van der Waals surface area contributed by atoms with Gasteiger partial charge in [-0.05, 0) is 13.3 Å². The van der Waals surface area contributed by atoms with Gasteiger partial charge in [0.05, 0.1) is 0 Å². The first-order valence-electron chi connectivity index (χ1n) is 4.43. The minimum absolute atomic E-state index is 0.103. The summed E-state index contributed by atoms with van der Waals surface area (Å²) in [5, 5.41) is 0.461. The molecule has 2 atom stereocenters. The Bertz CT molecular complexity index is 152. The van der Waals surface area contributed by atoms with Crippen molar-refractivity contribution in [3.8, 4) is 0 Å². The van der Waals surface area contributed by atoms with Crippen molar-refractivity contribution < 1.29 is 4.79 Å². The van der Waals surface area contributed by atoms with E-state index in [0.29, 0.717) is 11.7 Å². The third-order valence-corrected chi connectivity index (χ3v) is 3.11. The van der Waals surface area contributed by atoms with E-state index < -0.39 is 0 Å². The van der Waals surface area contributed by atoms with Crippen LogP contribution < -0.4 is 17.0 Å². The molecule has 0 saturated carbocycles. The first-order chi connectivity index (χ1) is 6.06. The molecule has 0 aliphatic carbocycles. The molecular weight excluding hydrogens is 186 g/mol. The zero-order valence-corrected chi connectivity index (χ0v) is 9.06. The highest BCUT2D eigenvalue weighted by atomic mass is 32.2. The molecular formula is C8H19N3OS. The van der Waals surface area contributed by atoms with E-state index in [-0.39, 0.29) is 11.9 Å². The van der Waals surface area contributed by atoms with E-state index in [1.165, 1.54) is 0 Å². The Morgan fingerprint density at radius 3 is 2.62 bits per heavy atom. The molecule has 0 radical (unpaired) electrons. The van der Waals surface area contributed by atoms with Crippen molar-refractivity contribution in [1.29, 1.82) is 0 Å². The zero-order valence-electron chi connectivity index (χ0n) is 8.25. The lowest BCUT2D eigenvalue weighted by Gasteiger charge is -2.11. The van der Waals surface area contributed by atoms with Crippen molar-refractivity contribution >= 4 is 17.7 Å². The van der Waals surface area contributed by atoms with Gasteiger partial charge in [0.25, 0.3) is 0 Å². The Labute approximate surface area is 83.8 Å². The molecule has 0 saturated heterocycles. The van der Waals surface area contributed by atoms with Crippen LogP contribution in [0.25, 0.3) is 0 Å². The van der Waals surface area contributed by atoms with Gasteiger partial charge in [0.15, 0.2) is 0 Å². The second kappa shape index (κ2) is 7.17. The average Bonchev–Trinajstić information content (AvgIpc) is 2.10. The summed E-state index contributed by atoms with van der Waals surface area (Å²) in [5.74, 6) is 5.79. The van der Waals surface area contributed by atoms with Crippen LogP contribution in [0.2, 0.25) is 0 Å². The number of hydrazine groups is 1. The zero-order chi connectivity index (χ0) is 10.3. The molecule has 0 aromatic carbocycles. The molecule has 1 amide bonds. The van der Waals surface area contributed by atoms with Crippen LogP contribution in [0.4, 0.5) is 0 Å². The minimum Gasteiger partial charge on any atom is -0.327 e. The third-order valence-electron chi connectivity index (χ3n) is 1.58. The molecule has 2 unspecified atom stereocenters. The summed E-state index contributed by atoms with van der Waals surface area (Å²) < 4.78 is 0. The van der Waals surface area contributed by atoms with Crippen molar-refractivity contribution in [3.63, 3.8) is 0 Å². The van der Waals surface area contributed by atoms with E-state index >= 15 is 0 Å². The standard InChI is InChI=1S/C8H19N3OS/c1-6(9)5-13-7(2)3-4-8(12)11-10/h6-7H,3-5,9-10H2,1-2H3,(H,11,12). The van der Waals surface area contributed by atoms with Crippen LogP contribution in [0.1, 0.15) is 26.7 Å². The Morgan fingerprint density at radius 1 is 1.54 bits per heavy atom. The highest BCUT2D eigenvalue weighted by Crippen LogP contribution is 2.15. The van der Waals surface area contributed by atoms with Crippen LogP contribution in [-0.2, 0) is 4.79 Å². The van der Waals surface area contributed by atoms with Gasteiger partial charge < -0.3 is 5.73 Å². The highest BCUT2D eigenvalue weighted by molar-refractivity contribution is 7.99. The van der Waals surface area contributed by atoms with Crippen molar-refractivity contribution in [2.75, 3.05) is 5.75 Å². The lowest BCUT2D eigenvalue weighted by molar-refractivity contribution is -0.121. The van der Waals surface area contributed by atoms with Crippen molar-refractivity contribution in [2.45, 2.75) is 38.0 Å². The smallest absolute Gasteiger partial charge is 0.233 e. The van der Waals surface area contributed by atoms with Gasteiger partial charge in [-0.1, -0.05) is 6.92 Å². The topological polar surface area (TPSA) is 81.1 Å². The van der Waals surface area contributed by atoms with Crippen molar-refractivity contribution in [1.82, 2.24) is 5.43 Å². The number of thioether (sulfide) groups is 1. The number of amides is 1. The Balaban J connectivity index is 3.40. The summed E-state index contributed by atoms with van der Waals surface area (Å²) >= 11 is 1.79. The van der Waals surface area contributed by atoms with Gasteiger partial charge in [-0.15, -0.1) is 0 Å². The van der Waals surface area contributed by atoms with Crippen LogP contribution in [0.3, 0.4) is 0 Å². The summed E-state index contributed by atoms with van der Waals surface area (Å²) in [7, 11) is 0. The molecule has 0 aliphatic heterocycles. The average molecular weight is 205 g/mol. The van der Waals surface area contributed by atoms with E-state index in [9.17, 15) is 4.79 Å². The summed E-state index contributed by atoms with van der Waals surface area (Å²) in [5.41, 5.74) is 7.72. The number of nitrogens with one attached hydrogen (secondary N) is 1. The molecule has 78 valence electrons. The first kappa shape index (κ1) is 12.7. The van der Waals surface area contributed by atoms with Gasteiger partial charge in [-0.3, -0.25) is 10.2 Å². The van der Waals surface area contributed by atoms with E-state index in [2.05, 4.69) is 12.3 Å². The molecule has 13 heavy (non-hydrogen) atoms. The van der Waals surface area contributed by atoms with Crippen molar-refractivity contribution in [3.05, 3.63) is 0 Å². The summed E-state index contributed by atoms with van der Waals surface area (Å²) in [6.07, 6.45) is 1.34. The maximum absolute atomic E-state index is 10.8. The lowest BCUT2D eigenvalue weighted by atomic mass is 10.2. The van der Waals surface area contributed by atoms with E-state index in [1.54, 1.807) is 11.8 Å². The lowest BCUT2D eigenvalue weighted by Crippen LogP contribution is -2.30. The van der Waals surface area contributed by atoms with Crippen LogP contribution in [0.15, 0.2) is 0 Å². The normalized spacial score (nSPS) is 15.1. The number of rotatable bonds is 6. The van der Waals surface area contributed by atoms with Crippen LogP contribution in [-0.4, -0.2) is 23.0 Å². The van der Waals surface area contributed by atoms with Gasteiger partial charge in [-0.2, -0.15) is 11.8 Å². The molecule has 0 aromatic rings. The van der Waals surface area contributed by atoms with Gasteiger partial charge in [-0.25, -0.2) is 5.84 Å². The number of carbonyl (C=O) groups excluding carboxylic acids is 1. The monoisotopic (exact) mass is 205 g/mol. The largest absolute Gasteiger partial charge is 0.327 e. The number of nitrogens with two attached hydrogens (primary N) is 2. The molecule has 0 aliphatic rings. The van der Waals surface area contributed by atoms with Gasteiger partial charge >= 0.3 is 0 Å². The van der Waals surface area contributed by atoms with Crippen molar-refractivity contribution in [2.24, 2.45) is 11.6 Å². The van der Waals surface area contributed by atoms with Crippen LogP contribution >= 0.6 is 11.8 Å². The molecule has 4 nitrogen and oxygen atoms in total. The fraction of sp³-hybridized carbons (Fsp3) is 0.875. The molecule has 0 fully saturated rings.